The summed E-state index contributed by atoms with van der Waals surface area (Å²) in [5.74, 6) is -0.203. The molecule has 0 atom stereocenters. The number of carbonyl (C=O) groups excluding carboxylic acids is 1. The number of benzene rings is 2. The number of carbonyl (C=O) groups is 1. The summed E-state index contributed by atoms with van der Waals surface area (Å²) in [6.45, 7) is 0. The summed E-state index contributed by atoms with van der Waals surface area (Å²) in [6, 6.07) is 15.1. The van der Waals surface area contributed by atoms with Gasteiger partial charge in [-0.05, 0) is 42.5 Å². The van der Waals surface area contributed by atoms with Crippen molar-refractivity contribution in [3.05, 3.63) is 66.1 Å². The van der Waals surface area contributed by atoms with Crippen LogP contribution in [0.25, 0.3) is 11.3 Å². The van der Waals surface area contributed by atoms with Gasteiger partial charge in [0.15, 0.2) is 5.69 Å². The summed E-state index contributed by atoms with van der Waals surface area (Å²) in [5.41, 5.74) is 2.01. The van der Waals surface area contributed by atoms with Crippen LogP contribution in [0, 0.1) is 5.82 Å². The monoisotopic (exact) mass is 325 g/mol. The number of nitrogens with zero attached hydrogens (tertiary/aromatic N) is 2. The smallest absolute Gasteiger partial charge is 0.276 e. The van der Waals surface area contributed by atoms with Gasteiger partial charge in [-0.15, -0.1) is 0 Å². The molecule has 1 aromatic heterocycles. The lowest BCUT2D eigenvalue weighted by atomic mass is 10.1. The van der Waals surface area contributed by atoms with Gasteiger partial charge in [0.05, 0.1) is 18.5 Å². The lowest BCUT2D eigenvalue weighted by Crippen LogP contribution is -2.13. The third-order valence-corrected chi connectivity index (χ3v) is 3.62. The van der Waals surface area contributed by atoms with Gasteiger partial charge in [0.1, 0.15) is 11.6 Å². The number of para-hydroxylation sites is 1. The van der Waals surface area contributed by atoms with Crippen LogP contribution in [0.4, 0.5) is 10.1 Å². The van der Waals surface area contributed by atoms with Gasteiger partial charge in [0, 0.05) is 12.6 Å². The van der Waals surface area contributed by atoms with Crippen LogP contribution in [0.5, 0.6) is 5.75 Å². The highest BCUT2D eigenvalue weighted by molar-refractivity contribution is 6.03. The molecule has 6 heteroatoms. The summed E-state index contributed by atoms with van der Waals surface area (Å²) < 4.78 is 20.4. The SMILES string of the molecule is COc1ccc(-c2cc(C(=O)Nc3ccccc3F)nn2C)cc1. The van der Waals surface area contributed by atoms with E-state index in [4.69, 9.17) is 4.74 Å². The first-order valence-corrected chi connectivity index (χ1v) is 7.33. The van der Waals surface area contributed by atoms with E-state index in [9.17, 15) is 9.18 Å². The minimum Gasteiger partial charge on any atom is -0.497 e. The van der Waals surface area contributed by atoms with Crippen LogP contribution in [0.1, 0.15) is 10.5 Å². The Morgan fingerprint density at radius 2 is 1.88 bits per heavy atom. The number of methoxy groups -OCH3 is 1. The zero-order valence-electron chi connectivity index (χ0n) is 13.3. The topological polar surface area (TPSA) is 56.1 Å². The first-order chi connectivity index (χ1) is 11.6. The molecule has 0 aliphatic rings. The summed E-state index contributed by atoms with van der Waals surface area (Å²) in [6.07, 6.45) is 0. The number of rotatable bonds is 4. The number of ether oxygens (including phenoxy) is 1. The van der Waals surface area contributed by atoms with Gasteiger partial charge < -0.3 is 10.1 Å². The summed E-state index contributed by atoms with van der Waals surface area (Å²) in [5, 5.41) is 6.73. The van der Waals surface area contributed by atoms with Crippen molar-refractivity contribution in [1.82, 2.24) is 9.78 Å². The fraction of sp³-hybridized carbons (Fsp3) is 0.111. The zero-order valence-corrected chi connectivity index (χ0v) is 13.3. The van der Waals surface area contributed by atoms with Crippen molar-refractivity contribution in [3.63, 3.8) is 0 Å². The number of amides is 1. The fourth-order valence-corrected chi connectivity index (χ4v) is 2.36. The van der Waals surface area contributed by atoms with E-state index in [-0.39, 0.29) is 11.4 Å². The number of nitrogens with one attached hydrogen (secondary N) is 1. The van der Waals surface area contributed by atoms with Crippen LogP contribution in [-0.2, 0) is 7.05 Å². The van der Waals surface area contributed by atoms with Gasteiger partial charge in [-0.25, -0.2) is 4.39 Å². The van der Waals surface area contributed by atoms with Crippen LogP contribution in [0.2, 0.25) is 0 Å². The van der Waals surface area contributed by atoms with E-state index in [1.165, 1.54) is 12.1 Å². The molecule has 0 fully saturated rings. The van der Waals surface area contributed by atoms with Crippen molar-refractivity contribution in [1.29, 1.82) is 0 Å². The Kier molecular flexibility index (Phi) is 4.29. The maximum atomic E-state index is 13.6. The second-order valence-electron chi connectivity index (χ2n) is 5.20. The second-order valence-corrected chi connectivity index (χ2v) is 5.20. The largest absolute Gasteiger partial charge is 0.497 e. The molecule has 1 heterocycles. The summed E-state index contributed by atoms with van der Waals surface area (Å²) in [4.78, 5) is 12.3. The highest BCUT2D eigenvalue weighted by atomic mass is 19.1. The van der Waals surface area contributed by atoms with Gasteiger partial charge in [-0.2, -0.15) is 5.10 Å². The van der Waals surface area contributed by atoms with Crippen LogP contribution in [-0.4, -0.2) is 22.8 Å². The molecule has 5 nitrogen and oxygen atoms in total. The number of hydrogen-bond acceptors (Lipinski definition) is 3. The van der Waals surface area contributed by atoms with Crippen LogP contribution in [0.3, 0.4) is 0 Å². The summed E-state index contributed by atoms with van der Waals surface area (Å²) >= 11 is 0. The average molecular weight is 325 g/mol. The standard InChI is InChI=1S/C18H16FN3O2/c1-22-17(12-7-9-13(24-2)10-8-12)11-16(21-22)18(23)20-15-6-4-3-5-14(15)19/h3-11H,1-2H3,(H,20,23). The molecule has 1 amide bonds. The molecular weight excluding hydrogens is 309 g/mol. The van der Waals surface area contributed by atoms with Gasteiger partial charge in [0.2, 0.25) is 0 Å². The van der Waals surface area contributed by atoms with Gasteiger partial charge in [0.25, 0.3) is 5.91 Å². The Morgan fingerprint density at radius 3 is 2.54 bits per heavy atom. The summed E-state index contributed by atoms with van der Waals surface area (Å²) in [7, 11) is 3.35. The molecule has 122 valence electrons. The quantitative estimate of drug-likeness (QED) is 0.799. The Balaban J connectivity index is 1.85. The molecule has 0 aliphatic heterocycles. The van der Waals surface area contributed by atoms with E-state index in [0.717, 1.165) is 17.0 Å². The lowest BCUT2D eigenvalue weighted by Gasteiger charge is -2.03. The molecule has 0 unspecified atom stereocenters. The van der Waals surface area contributed by atoms with Crippen molar-refractivity contribution in [2.75, 3.05) is 12.4 Å². The van der Waals surface area contributed by atoms with Crippen LogP contribution < -0.4 is 10.1 Å². The molecule has 3 rings (SSSR count). The van der Waals surface area contributed by atoms with Crippen molar-refractivity contribution >= 4 is 11.6 Å². The molecule has 0 saturated heterocycles. The van der Waals surface area contributed by atoms with Crippen molar-refractivity contribution in [3.8, 4) is 17.0 Å². The van der Waals surface area contributed by atoms with Crippen molar-refractivity contribution < 1.29 is 13.9 Å². The van der Waals surface area contributed by atoms with Gasteiger partial charge in [-0.1, -0.05) is 12.1 Å². The fourth-order valence-electron chi connectivity index (χ4n) is 2.36. The van der Waals surface area contributed by atoms with Crippen LogP contribution in [0.15, 0.2) is 54.6 Å². The lowest BCUT2D eigenvalue weighted by molar-refractivity contribution is 0.102. The Morgan fingerprint density at radius 1 is 1.17 bits per heavy atom. The van der Waals surface area contributed by atoms with Crippen molar-refractivity contribution in [2.24, 2.45) is 7.05 Å². The number of anilines is 1. The van der Waals surface area contributed by atoms with E-state index in [1.54, 1.807) is 37.0 Å². The Labute approximate surface area is 138 Å². The molecule has 24 heavy (non-hydrogen) atoms. The first-order valence-electron chi connectivity index (χ1n) is 7.33. The molecule has 2 aromatic carbocycles. The van der Waals surface area contributed by atoms with Gasteiger partial charge in [-0.3, -0.25) is 9.48 Å². The minimum absolute atomic E-state index is 0.124. The molecule has 0 radical (unpaired) electrons. The Hall–Kier alpha value is -3.15. The number of halogens is 1. The average Bonchev–Trinajstić information content (AvgIpc) is 2.99. The zero-order chi connectivity index (χ0) is 17.1. The molecule has 0 aliphatic carbocycles. The van der Waals surface area contributed by atoms with E-state index < -0.39 is 11.7 Å². The molecule has 0 saturated carbocycles. The van der Waals surface area contributed by atoms with E-state index in [0.29, 0.717) is 0 Å². The molecule has 3 aromatic rings. The number of hydrogen-bond donors (Lipinski definition) is 1. The minimum atomic E-state index is -0.489. The van der Waals surface area contributed by atoms with Crippen molar-refractivity contribution in [2.45, 2.75) is 0 Å². The predicted octanol–water partition coefficient (Wildman–Crippen LogP) is 3.49. The third-order valence-electron chi connectivity index (χ3n) is 3.62. The third kappa shape index (κ3) is 3.12. The number of aromatic nitrogens is 2. The second kappa shape index (κ2) is 6.54. The first kappa shape index (κ1) is 15.7. The van der Waals surface area contributed by atoms with Gasteiger partial charge >= 0.3 is 0 Å². The number of aryl methyl sites for hydroxylation is 1. The normalized spacial score (nSPS) is 10.5. The maximum absolute atomic E-state index is 13.6. The highest BCUT2D eigenvalue weighted by Gasteiger charge is 2.15. The molecular formula is C18H16FN3O2. The maximum Gasteiger partial charge on any atom is 0.276 e. The molecule has 0 spiro atoms. The van der Waals surface area contributed by atoms with Crippen LogP contribution >= 0.6 is 0 Å². The van der Waals surface area contributed by atoms with E-state index in [1.807, 2.05) is 24.3 Å². The predicted molar refractivity (Wildman–Crippen MR) is 89.5 cm³/mol. The Bertz CT molecular complexity index is 872. The molecule has 1 N–H and O–H groups in total. The highest BCUT2D eigenvalue weighted by Crippen LogP contribution is 2.23. The van der Waals surface area contributed by atoms with E-state index in [2.05, 4.69) is 10.4 Å². The molecule has 0 bridgehead atoms. The van der Waals surface area contributed by atoms with E-state index >= 15 is 0 Å².